The smallest absolute Gasteiger partial charge is 0.362 e. The van der Waals surface area contributed by atoms with Gasteiger partial charge in [-0.3, -0.25) is 9.59 Å². The Morgan fingerprint density at radius 3 is 1.51 bits per heavy atom. The molecule has 0 aromatic heterocycles. The molecule has 0 saturated carbocycles. The number of nitrogens with zero attached hydrogens (tertiary/aromatic N) is 1. The predicted molar refractivity (Wildman–Crippen MR) is 247 cm³/mol. The quantitative estimate of drug-likeness (QED) is 0.0217. The molecule has 0 aliphatic heterocycles. The SMILES string of the molecule is CC/C=C/C=C/C=C/CCCCCCCC(=O)OC(COCCC(C(=O)O)[N+](C)(C)C)COC(=O)CCCCCCCC/C=C/C/C=C/C/C=C/C/C=C/C/C=C/CC. The highest BCUT2D eigenvalue weighted by molar-refractivity contribution is 5.72. The van der Waals surface area contributed by atoms with Gasteiger partial charge in [-0.1, -0.05) is 156 Å². The number of aliphatic carboxylic acids is 1. The molecular weight excluding hydrogens is 739 g/mol. The van der Waals surface area contributed by atoms with E-state index in [0.717, 1.165) is 109 Å². The third kappa shape index (κ3) is 39.5. The third-order valence-corrected chi connectivity index (χ3v) is 9.54. The predicted octanol–water partition coefficient (Wildman–Crippen LogP) is 12.7. The van der Waals surface area contributed by atoms with Crippen molar-refractivity contribution in [2.75, 3.05) is 41.0 Å². The lowest BCUT2D eigenvalue weighted by atomic mass is 10.1. The lowest BCUT2D eigenvalue weighted by Crippen LogP contribution is -2.50. The van der Waals surface area contributed by atoms with Crippen molar-refractivity contribution in [3.63, 3.8) is 0 Å². The van der Waals surface area contributed by atoms with Crippen LogP contribution < -0.4 is 0 Å². The summed E-state index contributed by atoms with van der Waals surface area (Å²) in [6.07, 6.45) is 54.5. The highest BCUT2D eigenvalue weighted by Crippen LogP contribution is 2.13. The molecule has 0 amide bonds. The first-order chi connectivity index (χ1) is 28.6. The number of allylic oxidation sites excluding steroid dienone is 16. The molecule has 0 aliphatic rings. The van der Waals surface area contributed by atoms with Crippen molar-refractivity contribution in [2.24, 2.45) is 0 Å². The molecule has 0 radical (unpaired) electrons. The van der Waals surface area contributed by atoms with E-state index in [-0.39, 0.29) is 36.2 Å². The van der Waals surface area contributed by atoms with Crippen molar-refractivity contribution in [1.82, 2.24) is 0 Å². The van der Waals surface area contributed by atoms with Gasteiger partial charge in [0, 0.05) is 19.3 Å². The van der Waals surface area contributed by atoms with Crippen LogP contribution in [0.2, 0.25) is 0 Å². The van der Waals surface area contributed by atoms with Gasteiger partial charge in [-0.15, -0.1) is 0 Å². The van der Waals surface area contributed by atoms with Crippen LogP contribution in [0.3, 0.4) is 0 Å². The number of hydrogen-bond acceptors (Lipinski definition) is 6. The van der Waals surface area contributed by atoms with Gasteiger partial charge in [0.2, 0.25) is 0 Å². The minimum Gasteiger partial charge on any atom is -0.477 e. The Morgan fingerprint density at radius 2 is 0.983 bits per heavy atom. The number of rotatable bonds is 39. The summed E-state index contributed by atoms with van der Waals surface area (Å²) in [5.41, 5.74) is 0. The Balaban J connectivity index is 4.35. The van der Waals surface area contributed by atoms with Gasteiger partial charge in [0.15, 0.2) is 12.1 Å². The van der Waals surface area contributed by atoms with Gasteiger partial charge in [-0.2, -0.15) is 0 Å². The number of carbonyl (C=O) groups excluding carboxylic acids is 2. The van der Waals surface area contributed by atoms with E-state index >= 15 is 0 Å². The molecule has 0 aromatic carbocycles. The molecule has 0 heterocycles. The van der Waals surface area contributed by atoms with Crippen molar-refractivity contribution in [3.05, 3.63) is 97.2 Å². The summed E-state index contributed by atoms with van der Waals surface area (Å²) in [6, 6.07) is -0.626. The first-order valence-corrected chi connectivity index (χ1v) is 22.8. The molecule has 0 aromatic rings. The van der Waals surface area contributed by atoms with E-state index < -0.39 is 18.1 Å². The van der Waals surface area contributed by atoms with E-state index in [1.54, 1.807) is 0 Å². The second-order valence-electron chi connectivity index (χ2n) is 16.0. The summed E-state index contributed by atoms with van der Waals surface area (Å²) in [7, 11) is 5.50. The van der Waals surface area contributed by atoms with Crippen molar-refractivity contribution < 1.29 is 38.2 Å². The lowest BCUT2D eigenvalue weighted by Gasteiger charge is -2.31. The van der Waals surface area contributed by atoms with Gasteiger partial charge in [-0.05, 0) is 77.0 Å². The Labute approximate surface area is 360 Å². The Morgan fingerprint density at radius 1 is 0.525 bits per heavy atom. The number of carbonyl (C=O) groups is 3. The summed E-state index contributed by atoms with van der Waals surface area (Å²) >= 11 is 0. The second-order valence-corrected chi connectivity index (χ2v) is 16.0. The molecule has 0 fully saturated rings. The first-order valence-electron chi connectivity index (χ1n) is 22.8. The summed E-state index contributed by atoms with van der Waals surface area (Å²) in [5, 5.41) is 9.62. The third-order valence-electron chi connectivity index (χ3n) is 9.54. The van der Waals surface area contributed by atoms with Crippen LogP contribution in [0.5, 0.6) is 0 Å². The maximum Gasteiger partial charge on any atom is 0.362 e. The summed E-state index contributed by atoms with van der Waals surface area (Å²) in [5.74, 6) is -1.53. The highest BCUT2D eigenvalue weighted by atomic mass is 16.6. The normalized spacial score (nSPS) is 13.8. The average molecular weight is 823 g/mol. The Hall–Kier alpha value is -3.75. The maximum absolute atomic E-state index is 12.7. The molecule has 0 aliphatic carbocycles. The fourth-order valence-electron chi connectivity index (χ4n) is 6.06. The van der Waals surface area contributed by atoms with E-state index in [1.807, 2.05) is 33.3 Å². The number of carboxylic acid groups (broad SMARTS) is 1. The monoisotopic (exact) mass is 823 g/mol. The lowest BCUT2D eigenvalue weighted by molar-refractivity contribution is -0.887. The summed E-state index contributed by atoms with van der Waals surface area (Å²) in [6.45, 7) is 4.43. The number of likely N-dealkylation sites (N-methyl/N-ethyl adjacent to an activating group) is 1. The van der Waals surface area contributed by atoms with Crippen LogP contribution in [0.15, 0.2) is 97.2 Å². The van der Waals surface area contributed by atoms with E-state index in [0.29, 0.717) is 19.3 Å². The second kappa shape index (κ2) is 41.0. The first kappa shape index (κ1) is 55.2. The van der Waals surface area contributed by atoms with Crippen LogP contribution in [-0.4, -0.2) is 80.6 Å². The molecule has 0 bridgehead atoms. The molecule has 0 rings (SSSR count). The molecule has 1 N–H and O–H groups in total. The molecular formula is C51H84NO7+. The van der Waals surface area contributed by atoms with E-state index in [4.69, 9.17) is 14.2 Å². The number of carboxylic acids is 1. The van der Waals surface area contributed by atoms with Gasteiger partial charge in [-0.25, -0.2) is 4.79 Å². The van der Waals surface area contributed by atoms with Gasteiger partial charge < -0.3 is 23.8 Å². The van der Waals surface area contributed by atoms with Crippen molar-refractivity contribution in [3.8, 4) is 0 Å². The van der Waals surface area contributed by atoms with Gasteiger partial charge in [0.1, 0.15) is 6.61 Å². The largest absolute Gasteiger partial charge is 0.477 e. The molecule has 59 heavy (non-hydrogen) atoms. The van der Waals surface area contributed by atoms with Gasteiger partial charge in [0.25, 0.3) is 0 Å². The average Bonchev–Trinajstić information content (AvgIpc) is 3.19. The topological polar surface area (TPSA) is 99.1 Å². The highest BCUT2D eigenvalue weighted by Gasteiger charge is 2.31. The van der Waals surface area contributed by atoms with Crippen molar-refractivity contribution in [1.29, 1.82) is 0 Å². The number of esters is 2. The van der Waals surface area contributed by atoms with E-state index in [2.05, 4.69) is 98.9 Å². The zero-order valence-electron chi connectivity index (χ0n) is 37.9. The zero-order valence-corrected chi connectivity index (χ0v) is 37.9. The molecule has 8 nitrogen and oxygen atoms in total. The Kier molecular flexibility index (Phi) is 38.4. The number of unbranched alkanes of at least 4 members (excludes halogenated alkanes) is 11. The van der Waals surface area contributed by atoms with Crippen LogP contribution in [0.25, 0.3) is 0 Å². The summed E-state index contributed by atoms with van der Waals surface area (Å²) < 4.78 is 17.2. The minimum absolute atomic E-state index is 0.0414. The van der Waals surface area contributed by atoms with Crippen LogP contribution >= 0.6 is 0 Å². The molecule has 0 saturated heterocycles. The minimum atomic E-state index is -0.886. The Bertz CT molecular complexity index is 1280. The van der Waals surface area contributed by atoms with Crippen LogP contribution in [0.1, 0.15) is 155 Å². The number of hydrogen-bond donors (Lipinski definition) is 1. The molecule has 8 heteroatoms. The fourth-order valence-corrected chi connectivity index (χ4v) is 6.06. The van der Waals surface area contributed by atoms with Crippen LogP contribution in [-0.2, 0) is 28.6 Å². The number of ether oxygens (including phenoxy) is 3. The van der Waals surface area contributed by atoms with Crippen LogP contribution in [0, 0.1) is 0 Å². The summed E-state index contributed by atoms with van der Waals surface area (Å²) in [4.78, 5) is 37.0. The van der Waals surface area contributed by atoms with Gasteiger partial charge in [0.05, 0.1) is 34.4 Å². The molecule has 0 spiro atoms. The molecule has 2 atom stereocenters. The maximum atomic E-state index is 12.7. The van der Waals surface area contributed by atoms with Crippen molar-refractivity contribution in [2.45, 2.75) is 167 Å². The standard InChI is InChI=1S/C51H83NO7/c1-6-8-10-12-14-16-18-20-21-22-23-24-25-26-27-28-30-31-33-35-37-39-41-49(53)58-46-47(45-57-44-43-48(51(55)56)52(3,4)5)59-50(54)42-40-38-36-34-32-29-19-17-15-13-11-9-7-2/h8-11,13-17,19-21,23-24,26-27,47-48H,6-7,12,18,22,25,28-46H2,1-5H3/p+1/b10-8+,11-9+,15-13+,16-14+,19-17+,21-20+,24-23+,27-26+. The van der Waals surface area contributed by atoms with E-state index in [9.17, 15) is 19.5 Å². The molecule has 2 unspecified atom stereocenters. The van der Waals surface area contributed by atoms with Gasteiger partial charge >= 0.3 is 17.9 Å². The van der Waals surface area contributed by atoms with Crippen molar-refractivity contribution >= 4 is 17.9 Å². The zero-order chi connectivity index (χ0) is 43.5. The fraction of sp³-hybridized carbons (Fsp3) is 0.627. The van der Waals surface area contributed by atoms with E-state index in [1.165, 1.54) is 12.8 Å². The van der Waals surface area contributed by atoms with Crippen LogP contribution in [0.4, 0.5) is 0 Å². The number of quaternary nitrogens is 1. The molecule has 334 valence electrons.